The second-order valence-electron chi connectivity index (χ2n) is 5.60. The Balaban J connectivity index is 2.00. The molecule has 3 aromatic carbocycles. The Morgan fingerprint density at radius 3 is 2.32 bits per heavy atom. The molecule has 25 heavy (non-hydrogen) atoms. The summed E-state index contributed by atoms with van der Waals surface area (Å²) in [6.45, 7) is 0. The van der Waals surface area contributed by atoms with Gasteiger partial charge in [-0.1, -0.05) is 23.7 Å². The molecule has 1 N–H and O–H groups in total. The Morgan fingerprint density at radius 1 is 0.960 bits per heavy atom. The fraction of sp³-hybridized carbons (Fsp3) is 0.100. The van der Waals surface area contributed by atoms with Gasteiger partial charge >= 0.3 is 0 Å². The minimum atomic E-state index is 0.534. The number of anilines is 3. The van der Waals surface area contributed by atoms with E-state index in [4.69, 9.17) is 16.3 Å². The summed E-state index contributed by atoms with van der Waals surface area (Å²) in [7, 11) is 3.63. The van der Waals surface area contributed by atoms with Crippen molar-refractivity contribution in [2.45, 2.75) is 0 Å². The topological polar surface area (TPSA) is 47.6 Å². The fourth-order valence-corrected chi connectivity index (χ4v) is 2.88. The minimum Gasteiger partial charge on any atom is -0.761 e. The van der Waals surface area contributed by atoms with Gasteiger partial charge in [0.1, 0.15) is 5.75 Å². The van der Waals surface area contributed by atoms with Crippen LogP contribution in [-0.4, -0.2) is 14.2 Å². The zero-order valence-electron chi connectivity index (χ0n) is 14.0. The first-order chi connectivity index (χ1) is 12.1. The molecule has 0 atom stereocenters. The van der Waals surface area contributed by atoms with Crippen molar-refractivity contribution in [2.24, 2.45) is 0 Å². The van der Waals surface area contributed by atoms with Gasteiger partial charge in [0.05, 0.1) is 7.11 Å². The molecule has 0 fully saturated rings. The first-order valence-electron chi connectivity index (χ1n) is 7.78. The molecule has 0 aliphatic rings. The number of rotatable bonds is 5. The van der Waals surface area contributed by atoms with E-state index >= 15 is 0 Å². The second-order valence-corrected chi connectivity index (χ2v) is 6.04. The smallest absolute Gasteiger partial charge is 0.126 e. The SMILES string of the molecule is COc1ccc(N(C)c2ccc(N[O-])cc2)cc1-c1cccc(Cl)c1. The van der Waals surface area contributed by atoms with E-state index in [1.54, 1.807) is 19.2 Å². The molecule has 0 unspecified atom stereocenters. The first kappa shape index (κ1) is 17.1. The molecule has 0 heterocycles. The molecule has 0 bridgehead atoms. The second kappa shape index (κ2) is 7.47. The van der Waals surface area contributed by atoms with Crippen molar-refractivity contribution >= 4 is 28.7 Å². The summed E-state index contributed by atoms with van der Waals surface area (Å²) in [5, 5.41) is 11.4. The van der Waals surface area contributed by atoms with Crippen LogP contribution < -0.4 is 15.1 Å². The number of benzene rings is 3. The van der Waals surface area contributed by atoms with Gasteiger partial charge in [0, 0.05) is 34.7 Å². The fourth-order valence-electron chi connectivity index (χ4n) is 2.69. The van der Waals surface area contributed by atoms with Crippen molar-refractivity contribution in [1.82, 2.24) is 0 Å². The average Bonchev–Trinajstić information content (AvgIpc) is 2.67. The quantitative estimate of drug-likeness (QED) is 0.598. The van der Waals surface area contributed by atoms with Crippen LogP contribution in [0.5, 0.6) is 5.75 Å². The van der Waals surface area contributed by atoms with Gasteiger partial charge in [-0.25, -0.2) is 0 Å². The van der Waals surface area contributed by atoms with Crippen LogP contribution in [0.15, 0.2) is 66.7 Å². The van der Waals surface area contributed by atoms with Crippen LogP contribution in [0.4, 0.5) is 17.1 Å². The molecule has 3 aromatic rings. The van der Waals surface area contributed by atoms with Crippen LogP contribution in [-0.2, 0) is 0 Å². The zero-order valence-corrected chi connectivity index (χ0v) is 14.7. The third-order valence-electron chi connectivity index (χ3n) is 4.08. The summed E-state index contributed by atoms with van der Waals surface area (Å²) in [4.78, 5) is 2.04. The third-order valence-corrected chi connectivity index (χ3v) is 4.31. The van der Waals surface area contributed by atoms with Crippen LogP contribution in [0.25, 0.3) is 11.1 Å². The maximum Gasteiger partial charge on any atom is 0.126 e. The van der Waals surface area contributed by atoms with Crippen molar-refractivity contribution in [3.05, 3.63) is 77.0 Å². The van der Waals surface area contributed by atoms with E-state index in [1.165, 1.54) is 0 Å². The predicted molar refractivity (Wildman–Crippen MR) is 105 cm³/mol. The molecule has 4 nitrogen and oxygen atoms in total. The van der Waals surface area contributed by atoms with Gasteiger partial charge in [0.25, 0.3) is 0 Å². The van der Waals surface area contributed by atoms with Gasteiger partial charge in [0.2, 0.25) is 0 Å². The van der Waals surface area contributed by atoms with Crippen molar-refractivity contribution in [2.75, 3.05) is 24.5 Å². The Bertz CT molecular complexity index is 866. The molecule has 0 saturated heterocycles. The highest BCUT2D eigenvalue weighted by molar-refractivity contribution is 6.30. The standard InChI is InChI=1S/C20H18ClN2O2/c1-23(17-8-6-16(22-24)7-9-17)18-10-11-20(25-2)19(13-18)14-4-3-5-15(21)12-14/h3-13,22H,1-2H3/q-1. The largest absolute Gasteiger partial charge is 0.761 e. The zero-order chi connectivity index (χ0) is 17.8. The molecule has 0 aliphatic heterocycles. The van der Waals surface area contributed by atoms with Gasteiger partial charge in [-0.05, 0) is 60.2 Å². The van der Waals surface area contributed by atoms with Gasteiger partial charge < -0.3 is 20.3 Å². The van der Waals surface area contributed by atoms with Crippen LogP contribution in [0.1, 0.15) is 0 Å². The Kier molecular flexibility index (Phi) is 5.12. The molecule has 0 radical (unpaired) electrons. The van der Waals surface area contributed by atoms with E-state index < -0.39 is 0 Å². The van der Waals surface area contributed by atoms with Crippen molar-refractivity contribution < 1.29 is 4.74 Å². The molecular weight excluding hydrogens is 336 g/mol. The van der Waals surface area contributed by atoms with Crippen LogP contribution >= 0.6 is 11.6 Å². The molecule has 128 valence electrons. The van der Waals surface area contributed by atoms with Crippen LogP contribution in [0, 0.1) is 5.21 Å². The Morgan fingerprint density at radius 2 is 1.68 bits per heavy atom. The number of halogens is 1. The number of hydrogen-bond acceptors (Lipinski definition) is 4. The lowest BCUT2D eigenvalue weighted by Crippen LogP contribution is -2.09. The average molecular weight is 354 g/mol. The van der Waals surface area contributed by atoms with E-state index in [0.717, 1.165) is 28.3 Å². The highest BCUT2D eigenvalue weighted by Gasteiger charge is 2.11. The van der Waals surface area contributed by atoms with E-state index in [9.17, 15) is 5.21 Å². The third kappa shape index (κ3) is 3.71. The number of nitrogens with one attached hydrogen (secondary N) is 1. The van der Waals surface area contributed by atoms with E-state index in [-0.39, 0.29) is 0 Å². The summed E-state index contributed by atoms with van der Waals surface area (Å²) >= 11 is 6.13. The van der Waals surface area contributed by atoms with Crippen LogP contribution in [0.2, 0.25) is 5.02 Å². The molecule has 3 rings (SSSR count). The maximum absolute atomic E-state index is 10.7. The summed E-state index contributed by atoms with van der Waals surface area (Å²) < 4.78 is 5.51. The Labute approximate surface area is 152 Å². The normalized spacial score (nSPS) is 10.4. The van der Waals surface area contributed by atoms with Crippen molar-refractivity contribution in [3.63, 3.8) is 0 Å². The Hall–Kier alpha value is -2.69. The van der Waals surface area contributed by atoms with Gasteiger partial charge in [-0.15, -0.1) is 0 Å². The molecule has 0 amide bonds. The molecule has 0 aliphatic carbocycles. The van der Waals surface area contributed by atoms with Crippen molar-refractivity contribution in [3.8, 4) is 16.9 Å². The van der Waals surface area contributed by atoms with Crippen LogP contribution in [0.3, 0.4) is 0 Å². The highest BCUT2D eigenvalue weighted by Crippen LogP contribution is 2.36. The molecule has 0 aromatic heterocycles. The number of methoxy groups -OCH3 is 1. The number of nitrogens with zero attached hydrogens (tertiary/aromatic N) is 1. The first-order valence-corrected chi connectivity index (χ1v) is 8.16. The maximum atomic E-state index is 10.7. The summed E-state index contributed by atoms with van der Waals surface area (Å²) in [6.07, 6.45) is 0. The number of ether oxygens (including phenoxy) is 1. The molecular formula is C20H18ClN2O2-. The van der Waals surface area contributed by atoms with E-state index in [2.05, 4.69) is 6.07 Å². The molecule has 5 heteroatoms. The van der Waals surface area contributed by atoms with Crippen molar-refractivity contribution in [1.29, 1.82) is 0 Å². The summed E-state index contributed by atoms with van der Waals surface area (Å²) in [6, 6.07) is 21.0. The molecule has 0 spiro atoms. The lowest BCUT2D eigenvalue weighted by atomic mass is 10.0. The predicted octanol–water partition coefficient (Wildman–Crippen LogP) is 5.69. The van der Waals surface area contributed by atoms with Gasteiger partial charge in [-0.3, -0.25) is 0 Å². The van der Waals surface area contributed by atoms with Gasteiger partial charge in [0.15, 0.2) is 0 Å². The lowest BCUT2D eigenvalue weighted by molar-refractivity contribution is 0.416. The lowest BCUT2D eigenvalue weighted by Gasteiger charge is -2.22. The highest BCUT2D eigenvalue weighted by atomic mass is 35.5. The minimum absolute atomic E-state index is 0.534. The number of hydrogen-bond donors (Lipinski definition) is 1. The summed E-state index contributed by atoms with van der Waals surface area (Å²) in [5.41, 5.74) is 6.35. The van der Waals surface area contributed by atoms with E-state index in [0.29, 0.717) is 10.7 Å². The monoisotopic (exact) mass is 353 g/mol. The van der Waals surface area contributed by atoms with Gasteiger partial charge in [-0.2, -0.15) is 0 Å². The summed E-state index contributed by atoms with van der Waals surface area (Å²) in [5.74, 6) is 0.783. The molecule has 0 saturated carbocycles. The van der Waals surface area contributed by atoms with E-state index in [1.807, 2.05) is 66.0 Å².